The molecule has 0 bridgehead atoms. The van der Waals surface area contributed by atoms with E-state index in [0.717, 1.165) is 37.1 Å². The molecule has 1 aromatic carbocycles. The SMILES string of the molecule is CCN(CC)CCCNC(=S)Nc1nn(Cc2c(F)cccc2Cl)cc1Br. The van der Waals surface area contributed by atoms with E-state index >= 15 is 0 Å². The molecule has 2 aromatic rings. The predicted octanol–water partition coefficient (Wildman–Crippen LogP) is 4.50. The number of hydrogen-bond donors (Lipinski definition) is 2. The van der Waals surface area contributed by atoms with Crippen LogP contribution >= 0.6 is 39.7 Å². The number of anilines is 1. The predicted molar refractivity (Wildman–Crippen MR) is 117 cm³/mol. The Balaban J connectivity index is 1.88. The molecule has 2 rings (SSSR count). The first-order valence-electron chi connectivity index (χ1n) is 8.87. The molecule has 0 radical (unpaired) electrons. The van der Waals surface area contributed by atoms with Gasteiger partial charge in [-0.1, -0.05) is 31.5 Å². The van der Waals surface area contributed by atoms with Crippen LogP contribution in [-0.2, 0) is 6.54 Å². The van der Waals surface area contributed by atoms with E-state index < -0.39 is 0 Å². The van der Waals surface area contributed by atoms with Gasteiger partial charge < -0.3 is 15.5 Å². The van der Waals surface area contributed by atoms with Crippen molar-refractivity contribution >= 4 is 50.7 Å². The van der Waals surface area contributed by atoms with Crippen LogP contribution in [0.2, 0.25) is 5.02 Å². The molecule has 0 saturated carbocycles. The molecule has 0 aliphatic heterocycles. The normalized spacial score (nSPS) is 11.0. The minimum absolute atomic E-state index is 0.232. The first-order valence-corrected chi connectivity index (χ1v) is 10.5. The highest BCUT2D eigenvalue weighted by Gasteiger charge is 2.12. The average molecular weight is 477 g/mol. The van der Waals surface area contributed by atoms with Crippen LogP contribution in [0, 0.1) is 5.82 Å². The number of nitrogens with zero attached hydrogens (tertiary/aromatic N) is 3. The topological polar surface area (TPSA) is 45.1 Å². The van der Waals surface area contributed by atoms with Crippen LogP contribution in [-0.4, -0.2) is 46.0 Å². The lowest BCUT2D eigenvalue weighted by Gasteiger charge is -2.18. The number of thiocarbonyl (C=S) groups is 1. The molecule has 0 saturated heterocycles. The van der Waals surface area contributed by atoms with Crippen LogP contribution < -0.4 is 10.6 Å². The third kappa shape index (κ3) is 6.71. The van der Waals surface area contributed by atoms with Gasteiger partial charge in [0, 0.05) is 23.3 Å². The van der Waals surface area contributed by atoms with Crippen LogP contribution in [0.3, 0.4) is 0 Å². The molecule has 148 valence electrons. The van der Waals surface area contributed by atoms with Gasteiger partial charge in [-0.2, -0.15) is 5.10 Å². The summed E-state index contributed by atoms with van der Waals surface area (Å²) >= 11 is 14.9. The summed E-state index contributed by atoms with van der Waals surface area (Å²) in [5.74, 6) is 0.220. The van der Waals surface area contributed by atoms with E-state index in [1.54, 1.807) is 23.0 Å². The fourth-order valence-corrected chi connectivity index (χ4v) is 3.44. The lowest BCUT2D eigenvalue weighted by Crippen LogP contribution is -2.32. The van der Waals surface area contributed by atoms with Crippen LogP contribution in [0.4, 0.5) is 10.2 Å². The molecule has 27 heavy (non-hydrogen) atoms. The number of benzene rings is 1. The molecule has 0 unspecified atom stereocenters. The molecule has 1 heterocycles. The number of halogens is 3. The maximum absolute atomic E-state index is 13.9. The molecular formula is C18H24BrClFN5S. The zero-order valence-electron chi connectivity index (χ0n) is 15.4. The second-order valence-electron chi connectivity index (χ2n) is 5.98. The van der Waals surface area contributed by atoms with E-state index in [9.17, 15) is 4.39 Å². The van der Waals surface area contributed by atoms with Crippen molar-refractivity contribution in [2.45, 2.75) is 26.8 Å². The maximum Gasteiger partial charge on any atom is 0.172 e. The summed E-state index contributed by atoms with van der Waals surface area (Å²) in [6, 6.07) is 4.63. The van der Waals surface area contributed by atoms with Crippen molar-refractivity contribution in [2.24, 2.45) is 0 Å². The lowest BCUT2D eigenvalue weighted by molar-refractivity contribution is 0.300. The minimum atomic E-state index is -0.353. The van der Waals surface area contributed by atoms with Crippen molar-refractivity contribution in [1.82, 2.24) is 20.0 Å². The fourth-order valence-electron chi connectivity index (χ4n) is 2.60. The fraction of sp³-hybridized carbons (Fsp3) is 0.444. The van der Waals surface area contributed by atoms with Gasteiger partial charge in [-0.25, -0.2) is 4.39 Å². The summed E-state index contributed by atoms with van der Waals surface area (Å²) in [6.45, 7) is 8.47. The Morgan fingerprint density at radius 1 is 1.37 bits per heavy atom. The van der Waals surface area contributed by atoms with E-state index in [4.69, 9.17) is 23.8 Å². The summed E-state index contributed by atoms with van der Waals surface area (Å²) in [5, 5.41) is 11.5. The van der Waals surface area contributed by atoms with Crippen molar-refractivity contribution in [3.05, 3.63) is 45.3 Å². The highest BCUT2D eigenvalue weighted by atomic mass is 79.9. The van der Waals surface area contributed by atoms with Gasteiger partial charge in [0.05, 0.1) is 11.0 Å². The van der Waals surface area contributed by atoms with Crippen LogP contribution in [0.15, 0.2) is 28.9 Å². The van der Waals surface area contributed by atoms with Gasteiger partial charge in [-0.3, -0.25) is 4.68 Å². The highest BCUT2D eigenvalue weighted by Crippen LogP contribution is 2.24. The molecule has 2 N–H and O–H groups in total. The third-order valence-electron chi connectivity index (χ3n) is 4.16. The standard InChI is InChI=1S/C18H24BrClFN5S/c1-3-25(4-2)10-6-9-22-18(27)23-17-14(19)12-26(24-17)11-13-15(20)7-5-8-16(13)21/h5,7-8,12H,3-4,6,9-11H2,1-2H3,(H2,22,23,24,27). The zero-order chi connectivity index (χ0) is 19.8. The van der Waals surface area contributed by atoms with Gasteiger partial charge in [0.2, 0.25) is 0 Å². The summed E-state index contributed by atoms with van der Waals surface area (Å²) < 4.78 is 16.3. The van der Waals surface area contributed by atoms with Crippen LogP contribution in [0.1, 0.15) is 25.8 Å². The summed E-state index contributed by atoms with van der Waals surface area (Å²) in [5.41, 5.74) is 0.401. The molecule has 0 amide bonds. The number of hydrogen-bond acceptors (Lipinski definition) is 3. The molecule has 0 spiro atoms. The quantitative estimate of drug-likeness (QED) is 0.412. The molecule has 1 aromatic heterocycles. The van der Waals surface area contributed by atoms with E-state index in [1.165, 1.54) is 6.07 Å². The molecule has 0 atom stereocenters. The Kier molecular flexibility index (Phi) is 8.95. The highest BCUT2D eigenvalue weighted by molar-refractivity contribution is 9.10. The second-order valence-corrected chi connectivity index (χ2v) is 7.65. The van der Waals surface area contributed by atoms with Crippen molar-refractivity contribution in [3.63, 3.8) is 0 Å². The van der Waals surface area contributed by atoms with Gasteiger partial charge in [-0.05, 0) is 66.3 Å². The van der Waals surface area contributed by atoms with Crippen molar-refractivity contribution in [3.8, 4) is 0 Å². The smallest absolute Gasteiger partial charge is 0.172 e. The van der Waals surface area contributed by atoms with Crippen LogP contribution in [0.5, 0.6) is 0 Å². The van der Waals surface area contributed by atoms with Gasteiger partial charge in [0.25, 0.3) is 0 Å². The Hall–Kier alpha value is -1.22. The molecule has 0 aliphatic rings. The number of aromatic nitrogens is 2. The van der Waals surface area contributed by atoms with E-state index in [1.807, 2.05) is 0 Å². The van der Waals surface area contributed by atoms with Crippen molar-refractivity contribution in [1.29, 1.82) is 0 Å². The monoisotopic (exact) mass is 475 g/mol. The minimum Gasteiger partial charge on any atom is -0.362 e. The first kappa shape index (κ1) is 22.1. The lowest BCUT2D eigenvalue weighted by atomic mass is 10.2. The van der Waals surface area contributed by atoms with Gasteiger partial charge in [0.15, 0.2) is 10.9 Å². The summed E-state index contributed by atoms with van der Waals surface area (Å²) in [4.78, 5) is 2.37. The van der Waals surface area contributed by atoms with E-state index in [2.05, 4.69) is 50.4 Å². The van der Waals surface area contributed by atoms with Crippen LogP contribution in [0.25, 0.3) is 0 Å². The Labute approximate surface area is 178 Å². The Bertz CT molecular complexity index is 746. The van der Waals surface area contributed by atoms with Gasteiger partial charge >= 0.3 is 0 Å². The molecule has 9 heteroatoms. The Morgan fingerprint density at radius 3 is 2.78 bits per heavy atom. The third-order valence-corrected chi connectivity index (χ3v) is 5.34. The second kappa shape index (κ2) is 10.9. The number of nitrogens with one attached hydrogen (secondary N) is 2. The molecule has 0 aliphatic carbocycles. The first-order chi connectivity index (χ1) is 12.9. The largest absolute Gasteiger partial charge is 0.362 e. The van der Waals surface area contributed by atoms with Crippen molar-refractivity contribution in [2.75, 3.05) is 31.5 Å². The molecule has 0 fully saturated rings. The average Bonchev–Trinajstić information content (AvgIpc) is 2.97. The molecular weight excluding hydrogens is 453 g/mol. The maximum atomic E-state index is 13.9. The van der Waals surface area contributed by atoms with Crippen molar-refractivity contribution < 1.29 is 4.39 Å². The van der Waals surface area contributed by atoms with Gasteiger partial charge in [-0.15, -0.1) is 0 Å². The molecule has 5 nitrogen and oxygen atoms in total. The summed E-state index contributed by atoms with van der Waals surface area (Å²) in [7, 11) is 0. The summed E-state index contributed by atoms with van der Waals surface area (Å²) in [6.07, 6.45) is 2.76. The Morgan fingerprint density at radius 2 is 2.11 bits per heavy atom. The van der Waals surface area contributed by atoms with Gasteiger partial charge in [0.1, 0.15) is 5.82 Å². The van der Waals surface area contributed by atoms with E-state index in [-0.39, 0.29) is 12.4 Å². The van der Waals surface area contributed by atoms with E-state index in [0.29, 0.717) is 21.5 Å². The zero-order valence-corrected chi connectivity index (χ0v) is 18.6. The number of rotatable bonds is 9.